The number of anilines is 1. The third-order valence-electron chi connectivity index (χ3n) is 5.13. The van der Waals surface area contributed by atoms with Crippen LogP contribution in [0.4, 0.5) is 5.00 Å². The number of amides is 1. The van der Waals surface area contributed by atoms with Gasteiger partial charge in [-0.3, -0.25) is 4.79 Å². The number of hydrogen-bond donors (Lipinski definition) is 1. The monoisotopic (exact) mass is 485 g/mol. The molecule has 8 heteroatoms. The predicted molar refractivity (Wildman–Crippen MR) is 132 cm³/mol. The molecule has 1 amide bonds. The maximum atomic E-state index is 13.1. The quantitative estimate of drug-likeness (QED) is 0.311. The van der Waals surface area contributed by atoms with Crippen LogP contribution in [0.25, 0.3) is 21.2 Å². The van der Waals surface area contributed by atoms with Gasteiger partial charge in [-0.05, 0) is 43.2 Å². The molecule has 164 valence electrons. The zero-order valence-corrected chi connectivity index (χ0v) is 20.3. The highest BCUT2D eigenvalue weighted by molar-refractivity contribution is 7.22. The fourth-order valence-corrected chi connectivity index (χ4v) is 5.79. The minimum atomic E-state index is -0.510. The van der Waals surface area contributed by atoms with E-state index in [1.54, 1.807) is 13.2 Å². The number of fused-ring (bicyclic) bond motifs is 1. The Hall–Kier alpha value is -2.87. The van der Waals surface area contributed by atoms with Gasteiger partial charge in [-0.15, -0.1) is 22.7 Å². The molecule has 0 aliphatic rings. The lowest BCUT2D eigenvalue weighted by molar-refractivity contribution is 0.0603. The summed E-state index contributed by atoms with van der Waals surface area (Å²) in [5, 5.41) is 6.25. The highest BCUT2D eigenvalue weighted by Gasteiger charge is 2.25. The molecular formula is C24H20ClNO4S2. The van der Waals surface area contributed by atoms with Crippen LogP contribution in [0.1, 0.15) is 31.2 Å². The molecule has 0 spiro atoms. The van der Waals surface area contributed by atoms with Crippen LogP contribution in [0.5, 0.6) is 5.75 Å². The molecule has 2 aromatic heterocycles. The van der Waals surface area contributed by atoms with Gasteiger partial charge < -0.3 is 14.8 Å². The van der Waals surface area contributed by atoms with Crippen LogP contribution < -0.4 is 10.1 Å². The minimum absolute atomic E-state index is 0.332. The highest BCUT2D eigenvalue weighted by atomic mass is 35.5. The Kier molecular flexibility index (Phi) is 6.24. The number of nitrogens with one attached hydrogen (secondary N) is 1. The molecule has 0 unspecified atom stereocenters. The molecule has 0 bridgehead atoms. The number of aryl methyl sites for hydroxylation is 2. The summed E-state index contributed by atoms with van der Waals surface area (Å²) in [5.74, 6) is -0.229. The van der Waals surface area contributed by atoms with Crippen molar-refractivity contribution in [3.63, 3.8) is 0 Å². The summed E-state index contributed by atoms with van der Waals surface area (Å²) >= 11 is 9.09. The molecular weight excluding hydrogens is 466 g/mol. The van der Waals surface area contributed by atoms with Crippen LogP contribution in [0.2, 0.25) is 5.02 Å². The molecule has 32 heavy (non-hydrogen) atoms. The second kappa shape index (κ2) is 8.94. The zero-order valence-electron chi connectivity index (χ0n) is 17.9. The maximum absolute atomic E-state index is 13.1. The lowest BCUT2D eigenvalue weighted by atomic mass is 9.97. The highest BCUT2D eigenvalue weighted by Crippen LogP contribution is 2.40. The summed E-state index contributed by atoms with van der Waals surface area (Å²) in [6, 6.07) is 11.5. The third-order valence-corrected chi connectivity index (χ3v) is 7.70. The van der Waals surface area contributed by atoms with Crippen molar-refractivity contribution in [2.75, 3.05) is 19.5 Å². The number of hydrogen-bond acceptors (Lipinski definition) is 6. The summed E-state index contributed by atoms with van der Waals surface area (Å²) in [6.07, 6.45) is 0. The number of thiophene rings is 2. The van der Waals surface area contributed by atoms with Crippen LogP contribution in [-0.4, -0.2) is 26.1 Å². The van der Waals surface area contributed by atoms with Crippen molar-refractivity contribution in [1.29, 1.82) is 0 Å². The van der Waals surface area contributed by atoms with E-state index in [0.717, 1.165) is 32.3 Å². The average molecular weight is 486 g/mol. The van der Waals surface area contributed by atoms with Gasteiger partial charge in [-0.25, -0.2) is 4.79 Å². The summed E-state index contributed by atoms with van der Waals surface area (Å²) in [6.45, 7) is 3.98. The molecule has 0 atom stereocenters. The number of ether oxygens (including phenoxy) is 2. The molecule has 2 heterocycles. The van der Waals surface area contributed by atoms with Crippen LogP contribution in [0, 0.1) is 13.8 Å². The van der Waals surface area contributed by atoms with Gasteiger partial charge in [0.25, 0.3) is 5.91 Å². The first-order valence-electron chi connectivity index (χ1n) is 9.68. The van der Waals surface area contributed by atoms with E-state index in [1.807, 2.05) is 49.6 Å². The van der Waals surface area contributed by atoms with Gasteiger partial charge in [0.05, 0.1) is 19.2 Å². The molecule has 0 saturated carbocycles. The number of carbonyl (C=O) groups excluding carboxylic acids is 2. The van der Waals surface area contributed by atoms with E-state index in [1.165, 1.54) is 29.8 Å². The van der Waals surface area contributed by atoms with E-state index in [9.17, 15) is 9.59 Å². The first-order valence-corrected chi connectivity index (χ1v) is 11.8. The molecule has 0 aliphatic carbocycles. The van der Waals surface area contributed by atoms with Crippen LogP contribution in [0.3, 0.4) is 0 Å². The van der Waals surface area contributed by atoms with Gasteiger partial charge in [0.1, 0.15) is 21.2 Å². The topological polar surface area (TPSA) is 64.6 Å². The lowest BCUT2D eigenvalue weighted by Gasteiger charge is -2.10. The fraction of sp³-hybridized carbons (Fsp3) is 0.167. The second-order valence-corrected chi connectivity index (χ2v) is 9.53. The number of benzene rings is 2. The van der Waals surface area contributed by atoms with E-state index in [0.29, 0.717) is 26.2 Å². The summed E-state index contributed by atoms with van der Waals surface area (Å²) in [7, 11) is 2.91. The van der Waals surface area contributed by atoms with E-state index in [-0.39, 0.29) is 5.91 Å². The Balaban J connectivity index is 1.75. The van der Waals surface area contributed by atoms with Crippen LogP contribution >= 0.6 is 34.3 Å². The first-order chi connectivity index (χ1) is 15.3. The molecule has 4 rings (SSSR count). The number of carbonyl (C=O) groups is 2. The number of rotatable bonds is 5. The summed E-state index contributed by atoms with van der Waals surface area (Å²) in [4.78, 5) is 26.2. The van der Waals surface area contributed by atoms with Crippen molar-refractivity contribution in [3.05, 3.63) is 68.4 Å². The summed E-state index contributed by atoms with van der Waals surface area (Å²) in [5.41, 5.74) is 4.08. The Morgan fingerprint density at radius 1 is 1.03 bits per heavy atom. The Morgan fingerprint density at radius 2 is 1.81 bits per heavy atom. The van der Waals surface area contributed by atoms with Crippen LogP contribution in [0.15, 0.2) is 41.8 Å². The SMILES string of the molecule is COC(=O)c1c(-c2cc(C)ccc2C)csc1NC(=O)c1sc2ccc(OC)cc2c1Cl. The van der Waals surface area contributed by atoms with Gasteiger partial charge in [-0.1, -0.05) is 35.4 Å². The van der Waals surface area contributed by atoms with Gasteiger partial charge in [0.2, 0.25) is 0 Å². The molecule has 5 nitrogen and oxygen atoms in total. The van der Waals surface area contributed by atoms with E-state index < -0.39 is 5.97 Å². The predicted octanol–water partition coefficient (Wildman–Crippen LogP) is 6.95. The third kappa shape index (κ3) is 3.99. The van der Waals surface area contributed by atoms with Crippen molar-refractivity contribution >= 4 is 61.2 Å². The first kappa shape index (κ1) is 22.3. The average Bonchev–Trinajstić information content (AvgIpc) is 3.35. The van der Waals surface area contributed by atoms with Crippen molar-refractivity contribution in [1.82, 2.24) is 0 Å². The van der Waals surface area contributed by atoms with Crippen molar-refractivity contribution < 1.29 is 19.1 Å². The Morgan fingerprint density at radius 3 is 2.53 bits per heavy atom. The van der Waals surface area contributed by atoms with Crippen LogP contribution in [-0.2, 0) is 4.74 Å². The van der Waals surface area contributed by atoms with Gasteiger partial charge >= 0.3 is 5.97 Å². The molecule has 0 radical (unpaired) electrons. The smallest absolute Gasteiger partial charge is 0.341 e. The largest absolute Gasteiger partial charge is 0.497 e. The molecule has 2 aromatic carbocycles. The normalized spacial score (nSPS) is 10.9. The van der Waals surface area contributed by atoms with Gasteiger partial charge in [-0.2, -0.15) is 0 Å². The fourth-order valence-electron chi connectivity index (χ4n) is 3.46. The number of methoxy groups -OCH3 is 2. The van der Waals surface area contributed by atoms with Crippen molar-refractivity contribution in [2.24, 2.45) is 0 Å². The van der Waals surface area contributed by atoms with Crippen molar-refractivity contribution in [3.8, 4) is 16.9 Å². The molecule has 0 saturated heterocycles. The van der Waals surface area contributed by atoms with E-state index in [2.05, 4.69) is 5.32 Å². The summed E-state index contributed by atoms with van der Waals surface area (Å²) < 4.78 is 11.2. The van der Waals surface area contributed by atoms with Crippen molar-refractivity contribution in [2.45, 2.75) is 13.8 Å². The Bertz CT molecular complexity index is 1360. The lowest BCUT2D eigenvalue weighted by Crippen LogP contribution is -2.13. The standard InChI is InChI=1S/C24H20ClNO4S2/c1-12-5-6-13(2)15(9-12)17-11-31-23(19(17)24(28)30-4)26-22(27)21-20(25)16-10-14(29-3)7-8-18(16)32-21/h5-11H,1-4H3,(H,26,27). The zero-order chi connectivity index (χ0) is 23.0. The maximum Gasteiger partial charge on any atom is 0.341 e. The Labute approximate surface area is 198 Å². The second-order valence-electron chi connectivity index (χ2n) is 7.22. The number of halogens is 1. The minimum Gasteiger partial charge on any atom is -0.497 e. The molecule has 0 fully saturated rings. The number of esters is 1. The van der Waals surface area contributed by atoms with Gasteiger partial charge in [0.15, 0.2) is 0 Å². The van der Waals surface area contributed by atoms with Gasteiger partial charge in [0, 0.05) is 21.0 Å². The van der Waals surface area contributed by atoms with E-state index >= 15 is 0 Å². The molecule has 0 aliphatic heterocycles. The van der Waals surface area contributed by atoms with E-state index in [4.69, 9.17) is 21.1 Å². The molecule has 1 N–H and O–H groups in total. The molecule has 4 aromatic rings.